The van der Waals surface area contributed by atoms with Gasteiger partial charge in [-0.05, 0) is 36.6 Å². The van der Waals surface area contributed by atoms with E-state index in [1.54, 1.807) is 0 Å². The lowest BCUT2D eigenvalue weighted by molar-refractivity contribution is -0.671. The number of ether oxygens (including phenoxy) is 1. The number of benzene rings is 1. The van der Waals surface area contributed by atoms with Crippen LogP contribution in [0.1, 0.15) is 105 Å². The van der Waals surface area contributed by atoms with Crippen molar-refractivity contribution in [3.63, 3.8) is 0 Å². The first-order valence-corrected chi connectivity index (χ1v) is 13.1. The van der Waals surface area contributed by atoms with Gasteiger partial charge in [0.2, 0.25) is 0 Å². The highest BCUT2D eigenvalue weighted by molar-refractivity contribution is 5.93. The minimum Gasteiger partial charge on any atom is -1.00 e. The van der Waals surface area contributed by atoms with E-state index >= 15 is 0 Å². The second-order valence-corrected chi connectivity index (χ2v) is 9.22. The maximum atomic E-state index is 12.4. The fourth-order valence-electron chi connectivity index (χ4n) is 4.13. The Hall–Kier alpha value is -1.63. The van der Waals surface area contributed by atoms with Crippen LogP contribution in [0.5, 0.6) is 5.75 Å². The Bertz CT molecular complexity index is 826. The zero-order valence-corrected chi connectivity index (χ0v) is 23.7. The van der Waals surface area contributed by atoms with E-state index in [1.807, 2.05) is 48.3 Å². The van der Waals surface area contributed by atoms with Gasteiger partial charge in [-0.15, -0.1) is 0 Å². The maximum absolute atomic E-state index is 12.4. The van der Waals surface area contributed by atoms with Gasteiger partial charge >= 0.3 is 0 Å². The number of hydrogen-bond acceptors (Lipinski definition) is 2. The van der Waals surface area contributed by atoms with Gasteiger partial charge in [0.25, 0.3) is 5.91 Å². The third-order valence-electron chi connectivity index (χ3n) is 6.29. The SMILES string of the molecule is CCCCCCCCCCCCCCOc1cccc(CNC(=O)c2ccc[n+](C)c2)c1C.[I-]. The molecule has 0 radical (unpaired) electrons. The molecule has 1 aromatic carbocycles. The Morgan fingerprint density at radius 3 is 2.12 bits per heavy atom. The van der Waals surface area contributed by atoms with Gasteiger partial charge in [-0.1, -0.05) is 89.7 Å². The van der Waals surface area contributed by atoms with E-state index in [4.69, 9.17) is 4.74 Å². The molecule has 5 heteroatoms. The molecule has 0 saturated heterocycles. The lowest BCUT2D eigenvalue weighted by Gasteiger charge is -2.13. The molecule has 1 amide bonds. The first-order valence-electron chi connectivity index (χ1n) is 13.1. The zero-order chi connectivity index (χ0) is 23.7. The van der Waals surface area contributed by atoms with Crippen molar-refractivity contribution in [1.82, 2.24) is 5.32 Å². The summed E-state index contributed by atoms with van der Waals surface area (Å²) in [7, 11) is 1.91. The summed E-state index contributed by atoms with van der Waals surface area (Å²) in [6.45, 7) is 5.60. The van der Waals surface area contributed by atoms with Gasteiger partial charge in [0.1, 0.15) is 18.4 Å². The maximum Gasteiger partial charge on any atom is 0.257 e. The lowest BCUT2D eigenvalue weighted by atomic mass is 10.1. The first kappa shape index (κ1) is 30.4. The molecule has 1 aromatic heterocycles. The molecule has 0 aliphatic rings. The number of unbranched alkanes of at least 4 members (excludes halogenated alkanes) is 11. The number of pyridine rings is 1. The third kappa shape index (κ3) is 12.2. The summed E-state index contributed by atoms with van der Waals surface area (Å²) in [5, 5.41) is 3.02. The first-order chi connectivity index (χ1) is 16.1. The van der Waals surface area contributed by atoms with Gasteiger partial charge in [-0.25, -0.2) is 4.57 Å². The van der Waals surface area contributed by atoms with Crippen LogP contribution in [0, 0.1) is 6.92 Å². The minimum absolute atomic E-state index is 0. The molecule has 1 heterocycles. The van der Waals surface area contributed by atoms with Crippen LogP contribution in [-0.4, -0.2) is 12.5 Å². The summed E-state index contributed by atoms with van der Waals surface area (Å²) in [5.74, 6) is 0.865. The van der Waals surface area contributed by atoms with Crippen molar-refractivity contribution < 1.29 is 38.1 Å². The van der Waals surface area contributed by atoms with Crippen LogP contribution in [0.15, 0.2) is 42.7 Å². The van der Waals surface area contributed by atoms with Gasteiger partial charge in [0, 0.05) is 12.6 Å². The summed E-state index contributed by atoms with van der Waals surface area (Å²) >= 11 is 0. The molecule has 2 rings (SSSR count). The summed E-state index contributed by atoms with van der Waals surface area (Å²) in [6, 6.07) is 9.80. The molecular weight excluding hydrogens is 535 g/mol. The molecule has 0 atom stereocenters. The number of aromatic nitrogens is 1. The summed E-state index contributed by atoms with van der Waals surface area (Å²) in [4.78, 5) is 12.4. The second-order valence-electron chi connectivity index (χ2n) is 9.22. The lowest BCUT2D eigenvalue weighted by Crippen LogP contribution is -3.00. The minimum atomic E-state index is -0.0617. The van der Waals surface area contributed by atoms with Crippen molar-refractivity contribution in [2.75, 3.05) is 6.61 Å². The van der Waals surface area contributed by atoms with E-state index < -0.39 is 0 Å². The van der Waals surface area contributed by atoms with Crippen LogP contribution in [0.25, 0.3) is 0 Å². The molecule has 0 aliphatic heterocycles. The van der Waals surface area contributed by atoms with E-state index in [2.05, 4.69) is 25.2 Å². The molecule has 0 spiro atoms. The van der Waals surface area contributed by atoms with Crippen molar-refractivity contribution in [3.8, 4) is 5.75 Å². The molecule has 34 heavy (non-hydrogen) atoms. The van der Waals surface area contributed by atoms with Gasteiger partial charge in [0.15, 0.2) is 12.4 Å². The van der Waals surface area contributed by atoms with Crippen molar-refractivity contribution in [2.45, 2.75) is 97.4 Å². The Morgan fingerprint density at radius 1 is 0.882 bits per heavy atom. The quantitative estimate of drug-likeness (QED) is 0.176. The Kier molecular flexibility index (Phi) is 16.7. The van der Waals surface area contributed by atoms with Crippen LogP contribution in [-0.2, 0) is 13.6 Å². The van der Waals surface area contributed by atoms with Crippen molar-refractivity contribution in [1.29, 1.82) is 0 Å². The molecular formula is C29H45IN2O2. The number of hydrogen-bond donors (Lipinski definition) is 1. The largest absolute Gasteiger partial charge is 1.00 e. The highest BCUT2D eigenvalue weighted by Crippen LogP contribution is 2.22. The van der Waals surface area contributed by atoms with Crippen molar-refractivity contribution >= 4 is 5.91 Å². The van der Waals surface area contributed by atoms with Crippen molar-refractivity contribution in [2.24, 2.45) is 7.05 Å². The molecule has 0 fully saturated rings. The Morgan fingerprint density at radius 2 is 1.50 bits per heavy atom. The van der Waals surface area contributed by atoms with Crippen molar-refractivity contribution in [3.05, 3.63) is 59.4 Å². The van der Waals surface area contributed by atoms with E-state index in [1.165, 1.54) is 70.6 Å². The van der Waals surface area contributed by atoms with E-state index in [9.17, 15) is 4.79 Å². The molecule has 0 aliphatic carbocycles. The Balaban J connectivity index is 0.00000578. The monoisotopic (exact) mass is 580 g/mol. The third-order valence-corrected chi connectivity index (χ3v) is 6.29. The predicted octanol–water partition coefficient (Wildman–Crippen LogP) is 3.83. The smallest absolute Gasteiger partial charge is 0.257 e. The Labute approximate surface area is 224 Å². The number of carbonyl (C=O) groups excluding carboxylic acids is 1. The van der Waals surface area contributed by atoms with Crippen LogP contribution >= 0.6 is 0 Å². The molecule has 1 N–H and O–H groups in total. The van der Waals surface area contributed by atoms with E-state index in [-0.39, 0.29) is 29.9 Å². The van der Waals surface area contributed by atoms with Gasteiger partial charge in [-0.2, -0.15) is 0 Å². The average Bonchev–Trinajstić information content (AvgIpc) is 2.82. The number of nitrogens with zero attached hydrogens (tertiary/aromatic N) is 1. The number of carbonyl (C=O) groups is 1. The number of amides is 1. The molecule has 0 bridgehead atoms. The fraction of sp³-hybridized carbons (Fsp3) is 0.586. The van der Waals surface area contributed by atoms with Crippen LogP contribution in [0.3, 0.4) is 0 Å². The molecule has 4 nitrogen and oxygen atoms in total. The van der Waals surface area contributed by atoms with Crippen LogP contribution < -0.4 is 38.6 Å². The topological polar surface area (TPSA) is 42.2 Å². The zero-order valence-electron chi connectivity index (χ0n) is 21.6. The summed E-state index contributed by atoms with van der Waals surface area (Å²) in [5.41, 5.74) is 2.86. The predicted molar refractivity (Wildman–Crippen MR) is 137 cm³/mol. The summed E-state index contributed by atoms with van der Waals surface area (Å²) < 4.78 is 7.94. The standard InChI is InChI=1S/C29H44N2O2.HI/c1-4-5-6-7-8-9-10-11-12-13-14-15-22-33-28-20-16-18-26(25(28)2)23-30-29(32)27-19-17-21-31(3)24-27;/h16-21,24H,4-15,22-23H2,1-3H3;1H. The fourth-order valence-corrected chi connectivity index (χ4v) is 4.13. The number of halogens is 1. The number of aryl methyl sites for hydroxylation is 1. The number of rotatable bonds is 17. The summed E-state index contributed by atoms with van der Waals surface area (Å²) in [6.07, 6.45) is 19.9. The van der Waals surface area contributed by atoms with Gasteiger partial charge < -0.3 is 34.0 Å². The van der Waals surface area contributed by atoms with E-state index in [0.29, 0.717) is 12.1 Å². The van der Waals surface area contributed by atoms with Crippen LogP contribution in [0.4, 0.5) is 0 Å². The molecule has 190 valence electrons. The van der Waals surface area contributed by atoms with Crippen LogP contribution in [0.2, 0.25) is 0 Å². The van der Waals surface area contributed by atoms with Gasteiger partial charge in [-0.3, -0.25) is 4.79 Å². The molecule has 0 unspecified atom stereocenters. The second kappa shape index (κ2) is 18.7. The molecule has 2 aromatic rings. The normalized spacial score (nSPS) is 10.6. The highest BCUT2D eigenvalue weighted by atomic mass is 127. The highest BCUT2D eigenvalue weighted by Gasteiger charge is 2.11. The average molecular weight is 581 g/mol. The van der Waals surface area contributed by atoms with Gasteiger partial charge in [0.05, 0.1) is 6.61 Å². The molecule has 0 saturated carbocycles. The van der Waals surface area contributed by atoms with E-state index in [0.717, 1.165) is 29.9 Å². The number of nitrogens with one attached hydrogen (secondary N) is 1.